The van der Waals surface area contributed by atoms with Crippen molar-refractivity contribution in [2.45, 2.75) is 11.8 Å². The molecule has 3 heteroatoms. The van der Waals surface area contributed by atoms with Crippen LogP contribution >= 0.6 is 39.1 Å². The lowest BCUT2D eigenvalue weighted by Gasteiger charge is -2.14. The Bertz CT molecular complexity index is 783. The summed E-state index contributed by atoms with van der Waals surface area (Å²) in [6.45, 7) is 0. The molecule has 0 amide bonds. The van der Waals surface area contributed by atoms with Gasteiger partial charge in [-0.05, 0) is 41.1 Å². The van der Waals surface area contributed by atoms with Crippen LogP contribution in [0.1, 0.15) is 16.5 Å². The van der Waals surface area contributed by atoms with Crippen molar-refractivity contribution in [2.75, 3.05) is 0 Å². The molecule has 0 saturated carbocycles. The lowest BCUT2D eigenvalue weighted by Crippen LogP contribution is -1.97. The Morgan fingerprint density at radius 2 is 1.67 bits per heavy atom. The zero-order valence-corrected chi connectivity index (χ0v) is 14.3. The van der Waals surface area contributed by atoms with Crippen LogP contribution in [-0.4, -0.2) is 0 Å². The molecule has 21 heavy (non-hydrogen) atoms. The number of benzene rings is 3. The summed E-state index contributed by atoms with van der Waals surface area (Å²) in [6, 6.07) is 20.3. The first-order valence-electron chi connectivity index (χ1n) is 6.71. The van der Waals surface area contributed by atoms with Gasteiger partial charge in [0.25, 0.3) is 0 Å². The lowest BCUT2D eigenvalue weighted by atomic mass is 9.98. The summed E-state index contributed by atoms with van der Waals surface area (Å²) in [4.78, 5) is 0. The average Bonchev–Trinajstić information content (AvgIpc) is 2.48. The summed E-state index contributed by atoms with van der Waals surface area (Å²) in [5, 5.41) is 2.86. The highest BCUT2D eigenvalue weighted by Gasteiger charge is 2.13. The van der Waals surface area contributed by atoms with Gasteiger partial charge in [0.15, 0.2) is 0 Å². The van der Waals surface area contributed by atoms with Crippen LogP contribution in [0.3, 0.4) is 0 Å². The van der Waals surface area contributed by atoms with Crippen molar-refractivity contribution >= 4 is 49.9 Å². The topological polar surface area (TPSA) is 0 Å². The van der Waals surface area contributed by atoms with Gasteiger partial charge in [0.05, 0.1) is 5.38 Å². The summed E-state index contributed by atoms with van der Waals surface area (Å²) in [6.07, 6.45) is 0.784. The van der Waals surface area contributed by atoms with Gasteiger partial charge in [0.1, 0.15) is 0 Å². The highest BCUT2D eigenvalue weighted by Crippen LogP contribution is 2.34. The summed E-state index contributed by atoms with van der Waals surface area (Å²) >= 11 is 16.4. The number of hydrogen-bond acceptors (Lipinski definition) is 0. The molecule has 0 aliphatic heterocycles. The van der Waals surface area contributed by atoms with Crippen molar-refractivity contribution in [3.05, 3.63) is 81.3 Å². The van der Waals surface area contributed by atoms with Crippen molar-refractivity contribution in [1.29, 1.82) is 0 Å². The van der Waals surface area contributed by atoms with Crippen molar-refractivity contribution < 1.29 is 0 Å². The second-order valence-electron chi connectivity index (χ2n) is 4.98. The fourth-order valence-corrected chi connectivity index (χ4v) is 3.58. The Kier molecular flexibility index (Phi) is 4.54. The Balaban J connectivity index is 1.98. The first-order chi connectivity index (χ1) is 10.1. The minimum absolute atomic E-state index is 0.0820. The third-order valence-electron chi connectivity index (χ3n) is 3.55. The second-order valence-corrected chi connectivity index (χ2v) is 6.83. The molecule has 0 bridgehead atoms. The van der Waals surface area contributed by atoms with Crippen molar-refractivity contribution in [1.82, 2.24) is 0 Å². The Morgan fingerprint density at radius 3 is 2.43 bits per heavy atom. The predicted molar refractivity (Wildman–Crippen MR) is 95.4 cm³/mol. The molecule has 0 aliphatic rings. The summed E-state index contributed by atoms with van der Waals surface area (Å²) in [7, 11) is 0. The van der Waals surface area contributed by atoms with Crippen molar-refractivity contribution in [2.24, 2.45) is 0 Å². The predicted octanol–water partition coefficient (Wildman–Crippen LogP) is 6.78. The number of alkyl halides is 1. The molecule has 1 unspecified atom stereocenters. The van der Waals surface area contributed by atoms with Crippen molar-refractivity contribution in [3.8, 4) is 0 Å². The molecule has 106 valence electrons. The van der Waals surface area contributed by atoms with Crippen LogP contribution in [0.4, 0.5) is 0 Å². The van der Waals surface area contributed by atoms with E-state index < -0.39 is 0 Å². The number of fused-ring (bicyclic) bond motifs is 1. The third kappa shape index (κ3) is 3.26. The maximum Gasteiger partial charge on any atom is 0.0631 e. The molecule has 3 aromatic carbocycles. The third-order valence-corrected chi connectivity index (χ3v) is 4.76. The van der Waals surface area contributed by atoms with E-state index in [1.807, 2.05) is 42.5 Å². The molecule has 3 aromatic rings. The maximum absolute atomic E-state index is 6.67. The minimum Gasteiger partial charge on any atom is -0.117 e. The van der Waals surface area contributed by atoms with Crippen LogP contribution in [0.25, 0.3) is 10.8 Å². The Morgan fingerprint density at radius 1 is 0.905 bits per heavy atom. The standard InChI is InChI=1S/C18H13BrCl2/c19-13-5-3-4-12(10-13)11-18(21)16-8-9-17(20)15-7-2-1-6-14(15)16/h1-10,18H,11H2. The molecular weight excluding hydrogens is 367 g/mol. The largest absolute Gasteiger partial charge is 0.117 e. The first kappa shape index (κ1) is 14.9. The SMILES string of the molecule is Clc1ccc(C(Cl)Cc2cccc(Br)c2)c2ccccc12. The molecule has 0 N–H and O–H groups in total. The highest BCUT2D eigenvalue weighted by molar-refractivity contribution is 9.10. The van der Waals surface area contributed by atoms with Crippen LogP contribution in [-0.2, 0) is 6.42 Å². The smallest absolute Gasteiger partial charge is 0.0631 e. The van der Waals surface area contributed by atoms with Crippen LogP contribution in [0.5, 0.6) is 0 Å². The van der Waals surface area contributed by atoms with E-state index in [-0.39, 0.29) is 5.38 Å². The Hall–Kier alpha value is -1.02. The van der Waals surface area contributed by atoms with Gasteiger partial charge in [-0.2, -0.15) is 0 Å². The summed E-state index contributed by atoms with van der Waals surface area (Å²) in [5.41, 5.74) is 2.33. The maximum atomic E-state index is 6.67. The van der Waals surface area contributed by atoms with E-state index in [9.17, 15) is 0 Å². The zero-order valence-electron chi connectivity index (χ0n) is 11.2. The normalized spacial score (nSPS) is 12.5. The summed E-state index contributed by atoms with van der Waals surface area (Å²) < 4.78 is 1.07. The molecule has 0 fully saturated rings. The van der Waals surface area contributed by atoms with Crippen molar-refractivity contribution in [3.63, 3.8) is 0 Å². The van der Waals surface area contributed by atoms with E-state index in [4.69, 9.17) is 23.2 Å². The molecular formula is C18H13BrCl2. The molecule has 0 nitrogen and oxygen atoms in total. The average molecular weight is 380 g/mol. The van der Waals surface area contributed by atoms with E-state index in [1.54, 1.807) is 0 Å². The van der Waals surface area contributed by atoms with Gasteiger partial charge < -0.3 is 0 Å². The summed E-state index contributed by atoms with van der Waals surface area (Å²) in [5.74, 6) is 0. The number of hydrogen-bond donors (Lipinski definition) is 0. The molecule has 0 saturated heterocycles. The fraction of sp³-hybridized carbons (Fsp3) is 0.111. The van der Waals surface area contributed by atoms with E-state index in [2.05, 4.69) is 34.1 Å². The van der Waals surface area contributed by atoms with Gasteiger partial charge >= 0.3 is 0 Å². The van der Waals surface area contributed by atoms with Crippen LogP contribution < -0.4 is 0 Å². The molecule has 0 radical (unpaired) electrons. The molecule has 0 spiro atoms. The quantitative estimate of drug-likeness (QED) is 0.440. The van der Waals surface area contributed by atoms with Gasteiger partial charge in [0, 0.05) is 14.9 Å². The molecule has 0 aromatic heterocycles. The van der Waals surface area contributed by atoms with Gasteiger partial charge in [-0.3, -0.25) is 0 Å². The van der Waals surface area contributed by atoms with Crippen LogP contribution in [0.2, 0.25) is 5.02 Å². The van der Waals surface area contributed by atoms with Gasteiger partial charge in [-0.15, -0.1) is 11.6 Å². The van der Waals surface area contributed by atoms with E-state index in [0.29, 0.717) is 0 Å². The molecule has 1 atom stereocenters. The van der Waals surface area contributed by atoms with Crippen LogP contribution in [0.15, 0.2) is 65.1 Å². The zero-order chi connectivity index (χ0) is 14.8. The number of rotatable bonds is 3. The lowest BCUT2D eigenvalue weighted by molar-refractivity contribution is 0.927. The van der Waals surface area contributed by atoms with Crippen LogP contribution in [0, 0.1) is 0 Å². The van der Waals surface area contributed by atoms with Gasteiger partial charge in [-0.25, -0.2) is 0 Å². The second kappa shape index (κ2) is 6.39. The molecule has 0 heterocycles. The van der Waals surface area contributed by atoms with Gasteiger partial charge in [0.2, 0.25) is 0 Å². The van der Waals surface area contributed by atoms with E-state index in [0.717, 1.165) is 32.3 Å². The highest BCUT2D eigenvalue weighted by atomic mass is 79.9. The fourth-order valence-electron chi connectivity index (χ4n) is 2.54. The Labute approximate surface area is 142 Å². The minimum atomic E-state index is -0.0820. The van der Waals surface area contributed by atoms with Gasteiger partial charge in [-0.1, -0.05) is 70.0 Å². The van der Waals surface area contributed by atoms with E-state index in [1.165, 1.54) is 5.56 Å². The van der Waals surface area contributed by atoms with E-state index >= 15 is 0 Å². The monoisotopic (exact) mass is 378 g/mol. The molecule has 3 rings (SSSR count). The number of halogens is 3. The first-order valence-corrected chi connectivity index (χ1v) is 8.31. The molecule has 0 aliphatic carbocycles.